The zero-order valence-electron chi connectivity index (χ0n) is 13.4. The van der Waals surface area contributed by atoms with Crippen molar-refractivity contribution in [1.82, 2.24) is 4.90 Å². The SMILES string of the molecule is CC(C)(C)OC(=O)N1CCN2c3ccc(Br)cc3NC(=O)C2C1. The maximum atomic E-state index is 12.4. The molecule has 1 unspecified atom stereocenters. The third-order valence-electron chi connectivity index (χ3n) is 3.86. The Morgan fingerprint density at radius 1 is 1.35 bits per heavy atom. The smallest absolute Gasteiger partial charge is 0.410 e. The van der Waals surface area contributed by atoms with Crippen LogP contribution in [0.4, 0.5) is 16.2 Å². The lowest BCUT2D eigenvalue weighted by Gasteiger charge is -2.45. The minimum Gasteiger partial charge on any atom is -0.444 e. The quantitative estimate of drug-likeness (QED) is 0.750. The van der Waals surface area contributed by atoms with Crippen LogP contribution >= 0.6 is 15.9 Å². The topological polar surface area (TPSA) is 61.9 Å². The Balaban J connectivity index is 1.79. The highest BCUT2D eigenvalue weighted by molar-refractivity contribution is 9.10. The molecule has 1 saturated heterocycles. The van der Waals surface area contributed by atoms with Gasteiger partial charge in [-0.15, -0.1) is 0 Å². The number of hydrogen-bond acceptors (Lipinski definition) is 4. The average molecular weight is 382 g/mol. The van der Waals surface area contributed by atoms with Crippen LogP contribution in [0.3, 0.4) is 0 Å². The predicted octanol–water partition coefficient (Wildman–Crippen LogP) is 2.83. The Bertz CT molecular complexity index is 656. The number of nitrogens with zero attached hydrogens (tertiary/aromatic N) is 2. The molecule has 6 nitrogen and oxygen atoms in total. The summed E-state index contributed by atoms with van der Waals surface area (Å²) in [6.07, 6.45) is -0.369. The van der Waals surface area contributed by atoms with Gasteiger partial charge < -0.3 is 19.9 Å². The Morgan fingerprint density at radius 3 is 2.78 bits per heavy atom. The summed E-state index contributed by atoms with van der Waals surface area (Å²) in [5, 5.41) is 2.92. The summed E-state index contributed by atoms with van der Waals surface area (Å²) in [5.74, 6) is -0.0936. The molecule has 2 amide bonds. The minimum atomic E-state index is -0.540. The molecule has 3 rings (SSSR count). The monoisotopic (exact) mass is 381 g/mol. The molecule has 124 valence electrons. The van der Waals surface area contributed by atoms with Gasteiger partial charge in [0.05, 0.1) is 17.9 Å². The molecular weight excluding hydrogens is 362 g/mol. The fourth-order valence-electron chi connectivity index (χ4n) is 2.86. The Kier molecular flexibility index (Phi) is 4.00. The van der Waals surface area contributed by atoms with Crippen LogP contribution < -0.4 is 10.2 Å². The fourth-order valence-corrected chi connectivity index (χ4v) is 3.22. The van der Waals surface area contributed by atoms with Crippen molar-refractivity contribution in [2.24, 2.45) is 0 Å². The van der Waals surface area contributed by atoms with Crippen LogP contribution in [0, 0.1) is 0 Å². The Hall–Kier alpha value is -1.76. The maximum absolute atomic E-state index is 12.4. The van der Waals surface area contributed by atoms with E-state index in [0.29, 0.717) is 19.6 Å². The van der Waals surface area contributed by atoms with E-state index in [1.165, 1.54) is 0 Å². The van der Waals surface area contributed by atoms with Crippen LogP contribution in [0.15, 0.2) is 22.7 Å². The summed E-state index contributed by atoms with van der Waals surface area (Å²) < 4.78 is 6.33. The molecule has 1 atom stereocenters. The van der Waals surface area contributed by atoms with E-state index >= 15 is 0 Å². The van der Waals surface area contributed by atoms with Crippen molar-refractivity contribution >= 4 is 39.3 Å². The van der Waals surface area contributed by atoms with Crippen LogP contribution in [0.2, 0.25) is 0 Å². The van der Waals surface area contributed by atoms with E-state index in [9.17, 15) is 9.59 Å². The largest absolute Gasteiger partial charge is 0.444 e. The van der Waals surface area contributed by atoms with Crippen LogP contribution in [0.25, 0.3) is 0 Å². The number of piperazine rings is 1. The zero-order valence-corrected chi connectivity index (χ0v) is 15.0. The molecule has 0 aliphatic carbocycles. The van der Waals surface area contributed by atoms with Crippen LogP contribution in [0.1, 0.15) is 20.8 Å². The van der Waals surface area contributed by atoms with Gasteiger partial charge in [-0.05, 0) is 39.0 Å². The number of carbonyl (C=O) groups is 2. The molecule has 1 aromatic rings. The van der Waals surface area contributed by atoms with Crippen molar-refractivity contribution in [3.05, 3.63) is 22.7 Å². The van der Waals surface area contributed by atoms with Gasteiger partial charge in [-0.3, -0.25) is 4.79 Å². The fraction of sp³-hybridized carbons (Fsp3) is 0.500. The van der Waals surface area contributed by atoms with Crippen molar-refractivity contribution in [3.8, 4) is 0 Å². The van der Waals surface area contributed by atoms with E-state index in [-0.39, 0.29) is 18.0 Å². The number of nitrogens with one attached hydrogen (secondary N) is 1. The van der Waals surface area contributed by atoms with Crippen LogP contribution in [-0.2, 0) is 9.53 Å². The first-order valence-electron chi connectivity index (χ1n) is 7.59. The molecule has 1 aromatic carbocycles. The van der Waals surface area contributed by atoms with E-state index in [2.05, 4.69) is 26.1 Å². The van der Waals surface area contributed by atoms with Gasteiger partial charge in [-0.25, -0.2) is 4.79 Å². The van der Waals surface area contributed by atoms with E-state index in [1.807, 2.05) is 39.0 Å². The number of halogens is 1. The molecule has 0 saturated carbocycles. The molecule has 2 heterocycles. The van der Waals surface area contributed by atoms with Gasteiger partial charge in [-0.1, -0.05) is 15.9 Å². The average Bonchev–Trinajstić information content (AvgIpc) is 2.45. The molecule has 0 radical (unpaired) electrons. The standard InChI is InChI=1S/C16H20BrN3O3/c1-16(2,3)23-15(22)19-6-7-20-12-5-4-10(17)8-11(12)18-14(21)13(20)9-19/h4-5,8,13H,6-7,9H2,1-3H3,(H,18,21). The van der Waals surface area contributed by atoms with E-state index < -0.39 is 5.60 Å². The molecule has 1 N–H and O–H groups in total. The molecule has 0 aromatic heterocycles. The summed E-state index contributed by atoms with van der Waals surface area (Å²) in [5.41, 5.74) is 1.25. The zero-order chi connectivity index (χ0) is 16.8. The molecule has 0 spiro atoms. The first kappa shape index (κ1) is 16.1. The summed E-state index contributed by atoms with van der Waals surface area (Å²) in [7, 11) is 0. The summed E-state index contributed by atoms with van der Waals surface area (Å²) >= 11 is 3.42. The molecule has 2 aliphatic rings. The molecule has 1 fully saturated rings. The van der Waals surface area contributed by atoms with Crippen molar-refractivity contribution in [2.75, 3.05) is 29.9 Å². The van der Waals surface area contributed by atoms with Gasteiger partial charge in [0.25, 0.3) is 0 Å². The normalized spacial score (nSPS) is 20.5. The number of anilines is 2. The third-order valence-corrected chi connectivity index (χ3v) is 4.35. The second kappa shape index (κ2) is 5.70. The van der Waals surface area contributed by atoms with Crippen molar-refractivity contribution < 1.29 is 14.3 Å². The summed E-state index contributed by atoms with van der Waals surface area (Å²) in [6, 6.07) is 5.44. The number of carbonyl (C=O) groups excluding carboxylic acids is 2. The first-order chi connectivity index (χ1) is 10.7. The lowest BCUT2D eigenvalue weighted by Crippen LogP contribution is -2.61. The number of fused-ring (bicyclic) bond motifs is 3. The lowest BCUT2D eigenvalue weighted by atomic mass is 10.1. The second-order valence-corrected chi connectivity index (χ2v) is 7.70. The number of benzene rings is 1. The van der Waals surface area contributed by atoms with Crippen molar-refractivity contribution in [1.29, 1.82) is 0 Å². The molecule has 23 heavy (non-hydrogen) atoms. The highest BCUT2D eigenvalue weighted by Crippen LogP contribution is 2.35. The number of hydrogen-bond donors (Lipinski definition) is 1. The molecule has 0 bridgehead atoms. The highest BCUT2D eigenvalue weighted by atomic mass is 79.9. The van der Waals surface area contributed by atoms with Gasteiger partial charge in [0.2, 0.25) is 5.91 Å². The van der Waals surface area contributed by atoms with Gasteiger partial charge >= 0.3 is 6.09 Å². The van der Waals surface area contributed by atoms with E-state index in [0.717, 1.165) is 15.8 Å². The molecule has 2 aliphatic heterocycles. The third kappa shape index (κ3) is 3.29. The van der Waals surface area contributed by atoms with E-state index in [1.54, 1.807) is 4.90 Å². The van der Waals surface area contributed by atoms with Gasteiger partial charge in [0.1, 0.15) is 11.6 Å². The number of amides is 2. The van der Waals surface area contributed by atoms with Gasteiger partial charge in [-0.2, -0.15) is 0 Å². The van der Waals surface area contributed by atoms with Crippen molar-refractivity contribution in [3.63, 3.8) is 0 Å². The van der Waals surface area contributed by atoms with Crippen LogP contribution in [0.5, 0.6) is 0 Å². The number of ether oxygens (including phenoxy) is 1. The first-order valence-corrected chi connectivity index (χ1v) is 8.39. The minimum absolute atomic E-state index is 0.0936. The van der Waals surface area contributed by atoms with Crippen LogP contribution in [-0.4, -0.2) is 48.2 Å². The molecule has 7 heteroatoms. The number of rotatable bonds is 0. The highest BCUT2D eigenvalue weighted by Gasteiger charge is 2.39. The van der Waals surface area contributed by atoms with E-state index in [4.69, 9.17) is 4.74 Å². The predicted molar refractivity (Wildman–Crippen MR) is 91.7 cm³/mol. The summed E-state index contributed by atoms with van der Waals surface area (Å²) in [6.45, 7) is 6.98. The second-order valence-electron chi connectivity index (χ2n) is 6.79. The van der Waals surface area contributed by atoms with Gasteiger partial charge in [0.15, 0.2) is 0 Å². The summed E-state index contributed by atoms with van der Waals surface area (Å²) in [4.78, 5) is 28.3. The Morgan fingerprint density at radius 2 is 2.09 bits per heavy atom. The van der Waals surface area contributed by atoms with Crippen molar-refractivity contribution in [2.45, 2.75) is 32.4 Å². The lowest BCUT2D eigenvalue weighted by molar-refractivity contribution is -0.118. The maximum Gasteiger partial charge on any atom is 0.410 e. The Labute approximate surface area is 143 Å². The molecular formula is C16H20BrN3O3. The van der Waals surface area contributed by atoms with Gasteiger partial charge in [0, 0.05) is 17.6 Å².